The molecule has 2 aromatic carbocycles. The number of halogens is 1. The molecule has 0 saturated carbocycles. The number of likely N-dealkylation sites (tertiary alicyclic amines) is 1. The summed E-state index contributed by atoms with van der Waals surface area (Å²) in [4.78, 5) is 13.5. The van der Waals surface area contributed by atoms with Crippen molar-refractivity contribution < 1.29 is 14.6 Å². The second kappa shape index (κ2) is 12.8. The molecule has 2 aromatic rings. The molecular weight excluding hydrogens is 468 g/mol. The molecule has 1 saturated heterocycles. The van der Waals surface area contributed by atoms with E-state index in [0.717, 1.165) is 54.9 Å². The molecule has 2 N–H and O–H groups in total. The molecule has 172 valence electrons. The van der Waals surface area contributed by atoms with E-state index >= 15 is 0 Å². The molecule has 5 nitrogen and oxygen atoms in total. The molecule has 1 heterocycles. The molecule has 0 amide bonds. The molecule has 0 aliphatic carbocycles. The van der Waals surface area contributed by atoms with Crippen molar-refractivity contribution in [3.05, 3.63) is 75.8 Å². The molecule has 3 rings (SSSR count). The smallest absolute Gasteiger partial charge is 0.335 e. The van der Waals surface area contributed by atoms with Crippen molar-refractivity contribution in [1.82, 2.24) is 10.2 Å². The van der Waals surface area contributed by atoms with Crippen LogP contribution in [-0.4, -0.2) is 48.8 Å². The number of carboxylic acids is 1. The maximum absolute atomic E-state index is 10.9. The van der Waals surface area contributed by atoms with Gasteiger partial charge in [0.1, 0.15) is 12.4 Å². The van der Waals surface area contributed by atoms with Crippen molar-refractivity contribution in [2.75, 3.05) is 32.8 Å². The summed E-state index contributed by atoms with van der Waals surface area (Å²) in [5.74, 6) is 0.728. The van der Waals surface area contributed by atoms with Gasteiger partial charge in [0, 0.05) is 17.6 Å². The largest absolute Gasteiger partial charge is 0.489 e. The summed E-state index contributed by atoms with van der Waals surface area (Å²) < 4.78 is 6.89. The van der Waals surface area contributed by atoms with Gasteiger partial charge >= 0.3 is 5.97 Å². The fourth-order valence-electron chi connectivity index (χ4n) is 3.88. The van der Waals surface area contributed by atoms with Gasteiger partial charge in [-0.3, -0.25) is 0 Å². The first-order valence-corrected chi connectivity index (χ1v) is 12.1. The average Bonchev–Trinajstić information content (AvgIpc) is 2.80. The third kappa shape index (κ3) is 8.41. The highest BCUT2D eigenvalue weighted by molar-refractivity contribution is 9.10. The highest BCUT2D eigenvalue weighted by Crippen LogP contribution is 2.18. The van der Waals surface area contributed by atoms with Gasteiger partial charge in [-0.2, -0.15) is 0 Å². The lowest BCUT2D eigenvalue weighted by Crippen LogP contribution is -2.37. The van der Waals surface area contributed by atoms with Crippen LogP contribution in [0.2, 0.25) is 0 Å². The Morgan fingerprint density at radius 3 is 2.50 bits per heavy atom. The number of benzene rings is 2. The second-order valence-electron chi connectivity index (χ2n) is 8.50. The van der Waals surface area contributed by atoms with E-state index in [2.05, 4.69) is 39.1 Å². The van der Waals surface area contributed by atoms with E-state index in [0.29, 0.717) is 18.1 Å². The van der Waals surface area contributed by atoms with Gasteiger partial charge in [0.25, 0.3) is 0 Å². The van der Waals surface area contributed by atoms with Crippen LogP contribution in [-0.2, 0) is 6.54 Å². The SMILES string of the molecule is C/C(=C\CCN1CCC(CNCc2ccc(C(=O)O)cc2)CC1)COc1ccc(Br)cc1. The van der Waals surface area contributed by atoms with Crippen molar-refractivity contribution in [2.24, 2.45) is 5.92 Å². The number of nitrogens with zero attached hydrogens (tertiary/aromatic N) is 1. The molecule has 0 atom stereocenters. The number of rotatable bonds is 11. The van der Waals surface area contributed by atoms with Gasteiger partial charge in [0.2, 0.25) is 0 Å². The summed E-state index contributed by atoms with van der Waals surface area (Å²) in [6.45, 7) is 7.98. The molecule has 0 bridgehead atoms. The van der Waals surface area contributed by atoms with Gasteiger partial charge in [-0.25, -0.2) is 4.79 Å². The third-order valence-electron chi connectivity index (χ3n) is 5.89. The highest BCUT2D eigenvalue weighted by atomic mass is 79.9. The molecule has 0 unspecified atom stereocenters. The molecule has 0 aromatic heterocycles. The third-order valence-corrected chi connectivity index (χ3v) is 6.42. The molecule has 0 radical (unpaired) electrons. The Kier molecular flexibility index (Phi) is 9.78. The van der Waals surface area contributed by atoms with Crippen LogP contribution in [0.3, 0.4) is 0 Å². The quantitative estimate of drug-likeness (QED) is 0.406. The lowest BCUT2D eigenvalue weighted by atomic mass is 9.96. The van der Waals surface area contributed by atoms with Crippen LogP contribution in [0.4, 0.5) is 0 Å². The zero-order chi connectivity index (χ0) is 22.8. The van der Waals surface area contributed by atoms with Gasteiger partial charge in [-0.15, -0.1) is 0 Å². The zero-order valence-corrected chi connectivity index (χ0v) is 20.3. The monoisotopic (exact) mass is 500 g/mol. The number of carbonyl (C=O) groups is 1. The Morgan fingerprint density at radius 2 is 1.84 bits per heavy atom. The van der Waals surface area contributed by atoms with Crippen molar-refractivity contribution in [1.29, 1.82) is 0 Å². The number of hydrogen-bond acceptors (Lipinski definition) is 4. The van der Waals surface area contributed by atoms with Gasteiger partial charge < -0.3 is 20.1 Å². The van der Waals surface area contributed by atoms with E-state index in [1.54, 1.807) is 12.1 Å². The number of piperidine rings is 1. The van der Waals surface area contributed by atoms with Crippen LogP contribution in [0.25, 0.3) is 0 Å². The summed E-state index contributed by atoms with van der Waals surface area (Å²) in [7, 11) is 0. The molecule has 1 aliphatic heterocycles. The Labute approximate surface area is 199 Å². The molecule has 1 fully saturated rings. The molecule has 1 aliphatic rings. The van der Waals surface area contributed by atoms with E-state index in [9.17, 15) is 4.79 Å². The standard InChI is InChI=1S/C26H33BrN2O3/c1-20(19-32-25-10-8-24(27)9-11-25)3-2-14-29-15-12-22(13-16-29)18-28-17-21-4-6-23(7-5-21)26(30)31/h3-11,22,28H,2,12-19H2,1H3,(H,30,31)/b20-3+. The number of hydrogen-bond donors (Lipinski definition) is 2. The predicted octanol–water partition coefficient (Wildman–Crippen LogP) is 5.36. The molecule has 0 spiro atoms. The minimum atomic E-state index is -0.879. The Balaban J connectivity index is 1.27. The van der Waals surface area contributed by atoms with E-state index in [1.807, 2.05) is 36.4 Å². The average molecular weight is 501 g/mol. The topological polar surface area (TPSA) is 61.8 Å². The maximum atomic E-state index is 10.9. The first-order chi connectivity index (χ1) is 15.5. The van der Waals surface area contributed by atoms with Crippen molar-refractivity contribution in [3.63, 3.8) is 0 Å². The minimum Gasteiger partial charge on any atom is -0.489 e. The zero-order valence-electron chi connectivity index (χ0n) is 18.7. The Bertz CT molecular complexity index is 873. The van der Waals surface area contributed by atoms with E-state index in [1.165, 1.54) is 18.4 Å². The van der Waals surface area contributed by atoms with Crippen molar-refractivity contribution >= 4 is 21.9 Å². The number of nitrogens with one attached hydrogen (secondary N) is 1. The van der Waals surface area contributed by atoms with Crippen LogP contribution in [0.1, 0.15) is 42.1 Å². The fraction of sp³-hybridized carbons (Fsp3) is 0.423. The van der Waals surface area contributed by atoms with E-state index < -0.39 is 5.97 Å². The molecule has 6 heteroatoms. The van der Waals surface area contributed by atoms with E-state index in [4.69, 9.17) is 9.84 Å². The molecule has 32 heavy (non-hydrogen) atoms. The van der Waals surface area contributed by atoms with E-state index in [-0.39, 0.29) is 0 Å². The summed E-state index contributed by atoms with van der Waals surface area (Å²) >= 11 is 3.44. The van der Waals surface area contributed by atoms with Gasteiger partial charge in [0.15, 0.2) is 0 Å². The van der Waals surface area contributed by atoms with Crippen molar-refractivity contribution in [3.8, 4) is 5.75 Å². The van der Waals surface area contributed by atoms with Gasteiger partial charge in [-0.1, -0.05) is 34.1 Å². The summed E-state index contributed by atoms with van der Waals surface area (Å²) in [6, 6.07) is 15.0. The van der Waals surface area contributed by atoms with Crippen LogP contribution < -0.4 is 10.1 Å². The fourth-order valence-corrected chi connectivity index (χ4v) is 4.14. The van der Waals surface area contributed by atoms with Crippen LogP contribution in [0.5, 0.6) is 5.75 Å². The lowest BCUT2D eigenvalue weighted by molar-refractivity contribution is 0.0697. The lowest BCUT2D eigenvalue weighted by Gasteiger charge is -2.31. The maximum Gasteiger partial charge on any atom is 0.335 e. The van der Waals surface area contributed by atoms with Gasteiger partial charge in [0.05, 0.1) is 5.56 Å². The highest BCUT2D eigenvalue weighted by Gasteiger charge is 2.18. The summed E-state index contributed by atoms with van der Waals surface area (Å²) in [5.41, 5.74) is 2.73. The Hall–Kier alpha value is -2.15. The number of carboxylic acid groups (broad SMARTS) is 1. The van der Waals surface area contributed by atoms with Crippen LogP contribution in [0.15, 0.2) is 64.7 Å². The predicted molar refractivity (Wildman–Crippen MR) is 132 cm³/mol. The normalized spacial score (nSPS) is 15.6. The van der Waals surface area contributed by atoms with Crippen LogP contribution >= 0.6 is 15.9 Å². The van der Waals surface area contributed by atoms with Gasteiger partial charge in [-0.05, 0) is 99.3 Å². The van der Waals surface area contributed by atoms with Crippen molar-refractivity contribution in [2.45, 2.75) is 32.7 Å². The minimum absolute atomic E-state index is 0.336. The summed E-state index contributed by atoms with van der Waals surface area (Å²) in [5, 5.41) is 12.5. The van der Waals surface area contributed by atoms with Crippen LogP contribution in [0, 0.1) is 5.92 Å². The Morgan fingerprint density at radius 1 is 1.16 bits per heavy atom. The first kappa shape index (κ1) is 24.5. The number of aromatic carboxylic acids is 1. The summed E-state index contributed by atoms with van der Waals surface area (Å²) in [6.07, 6.45) is 5.80. The number of ether oxygens (including phenoxy) is 1. The second-order valence-corrected chi connectivity index (χ2v) is 9.42. The molecular formula is C26H33BrN2O3. The first-order valence-electron chi connectivity index (χ1n) is 11.3.